The van der Waals surface area contributed by atoms with Gasteiger partial charge in [0.05, 0.1) is 12.7 Å². The molecule has 5 nitrogen and oxygen atoms in total. The molecule has 0 saturated carbocycles. The average Bonchev–Trinajstić information content (AvgIpc) is 2.54. The van der Waals surface area contributed by atoms with Crippen molar-refractivity contribution in [3.8, 4) is 0 Å². The minimum absolute atomic E-state index is 0.148. The van der Waals surface area contributed by atoms with E-state index in [4.69, 9.17) is 14.2 Å². The van der Waals surface area contributed by atoms with Gasteiger partial charge in [-0.3, -0.25) is 0 Å². The first-order valence-electron chi connectivity index (χ1n) is 5.62. The molecular weight excluding hydrogens is 212 g/mol. The smallest absolute Gasteiger partial charge is 0.164 e. The lowest BCUT2D eigenvalue weighted by atomic mass is 10.0. The van der Waals surface area contributed by atoms with Gasteiger partial charge in [-0.2, -0.15) is 0 Å². The van der Waals surface area contributed by atoms with Gasteiger partial charge in [0, 0.05) is 7.11 Å². The molecule has 16 heavy (non-hydrogen) atoms. The third kappa shape index (κ3) is 2.93. The number of ether oxygens (including phenoxy) is 3. The van der Waals surface area contributed by atoms with Crippen LogP contribution >= 0.6 is 0 Å². The molecule has 0 aromatic rings. The molecule has 4 unspecified atom stereocenters. The maximum absolute atomic E-state index is 9.82. The number of aliphatic hydroxyl groups excluding tert-OH is 2. The van der Waals surface area contributed by atoms with Crippen molar-refractivity contribution in [2.45, 2.75) is 57.4 Å². The van der Waals surface area contributed by atoms with Crippen LogP contribution in [0.15, 0.2) is 0 Å². The molecule has 1 saturated heterocycles. The third-order valence-corrected chi connectivity index (χ3v) is 2.79. The molecule has 1 rings (SSSR count). The molecule has 5 heteroatoms. The predicted octanol–water partition coefficient (Wildman–Crippen LogP) is 0.285. The van der Waals surface area contributed by atoms with E-state index in [0.29, 0.717) is 6.42 Å². The summed E-state index contributed by atoms with van der Waals surface area (Å²) < 4.78 is 16.4. The molecule has 0 aliphatic carbocycles. The lowest BCUT2D eigenvalue weighted by Crippen LogP contribution is -2.45. The van der Waals surface area contributed by atoms with Gasteiger partial charge in [0.2, 0.25) is 0 Å². The second-order valence-corrected chi connectivity index (χ2v) is 4.50. The highest BCUT2D eigenvalue weighted by atomic mass is 16.8. The molecule has 0 aromatic heterocycles. The quantitative estimate of drug-likeness (QED) is 0.715. The molecular formula is C11H22O5. The average molecular weight is 234 g/mol. The first kappa shape index (κ1) is 13.9. The van der Waals surface area contributed by atoms with Gasteiger partial charge in [-0.1, -0.05) is 6.92 Å². The first-order chi connectivity index (χ1) is 7.45. The van der Waals surface area contributed by atoms with Gasteiger partial charge in [-0.25, -0.2) is 0 Å². The summed E-state index contributed by atoms with van der Waals surface area (Å²) in [6, 6.07) is 0. The summed E-state index contributed by atoms with van der Waals surface area (Å²) in [6.07, 6.45) is -1.44. The normalized spacial score (nSPS) is 32.6. The lowest BCUT2D eigenvalue weighted by Gasteiger charge is -2.28. The fourth-order valence-corrected chi connectivity index (χ4v) is 2.03. The van der Waals surface area contributed by atoms with Crippen LogP contribution in [0.2, 0.25) is 0 Å². The Balaban J connectivity index is 2.76. The Hall–Kier alpha value is -0.200. The molecule has 1 heterocycles. The van der Waals surface area contributed by atoms with E-state index in [1.54, 1.807) is 13.8 Å². The first-order valence-corrected chi connectivity index (χ1v) is 5.62. The van der Waals surface area contributed by atoms with Crippen LogP contribution in [0, 0.1) is 0 Å². The monoisotopic (exact) mass is 234 g/mol. The number of methoxy groups -OCH3 is 1. The van der Waals surface area contributed by atoms with Crippen LogP contribution in [0.1, 0.15) is 27.2 Å². The van der Waals surface area contributed by atoms with Crippen molar-refractivity contribution < 1.29 is 24.4 Å². The highest BCUT2D eigenvalue weighted by Crippen LogP contribution is 2.31. The lowest BCUT2D eigenvalue weighted by molar-refractivity contribution is -0.167. The molecule has 4 atom stereocenters. The zero-order valence-corrected chi connectivity index (χ0v) is 10.3. The van der Waals surface area contributed by atoms with E-state index in [0.717, 1.165) is 0 Å². The SMILES string of the molecule is CCC(O)C(OC)C1OC(C)(C)OC1CO. The van der Waals surface area contributed by atoms with Crippen LogP contribution in [0.25, 0.3) is 0 Å². The van der Waals surface area contributed by atoms with Crippen LogP contribution in [0.4, 0.5) is 0 Å². The zero-order chi connectivity index (χ0) is 12.3. The Morgan fingerprint density at radius 3 is 2.44 bits per heavy atom. The van der Waals surface area contributed by atoms with Gasteiger partial charge in [-0.15, -0.1) is 0 Å². The van der Waals surface area contributed by atoms with E-state index in [1.807, 2.05) is 6.92 Å². The molecule has 1 aliphatic rings. The fraction of sp³-hybridized carbons (Fsp3) is 1.00. The Morgan fingerprint density at radius 2 is 2.00 bits per heavy atom. The molecule has 96 valence electrons. The van der Waals surface area contributed by atoms with Crippen LogP contribution in [-0.4, -0.2) is 54.1 Å². The van der Waals surface area contributed by atoms with E-state index < -0.39 is 30.2 Å². The van der Waals surface area contributed by atoms with Crippen molar-refractivity contribution in [1.29, 1.82) is 0 Å². The highest BCUT2D eigenvalue weighted by molar-refractivity contribution is 4.89. The van der Waals surface area contributed by atoms with Crippen LogP contribution in [0.3, 0.4) is 0 Å². The Bertz CT molecular complexity index is 218. The van der Waals surface area contributed by atoms with Crippen molar-refractivity contribution in [3.05, 3.63) is 0 Å². The maximum atomic E-state index is 9.82. The third-order valence-electron chi connectivity index (χ3n) is 2.79. The summed E-state index contributed by atoms with van der Waals surface area (Å²) in [4.78, 5) is 0. The van der Waals surface area contributed by atoms with E-state index in [2.05, 4.69) is 0 Å². The summed E-state index contributed by atoms with van der Waals surface area (Å²) in [6.45, 7) is 5.28. The van der Waals surface area contributed by atoms with Gasteiger partial charge in [0.15, 0.2) is 5.79 Å². The van der Waals surface area contributed by atoms with E-state index in [9.17, 15) is 10.2 Å². The Kier molecular flexibility index (Phi) is 4.70. The van der Waals surface area contributed by atoms with Crippen molar-refractivity contribution in [1.82, 2.24) is 0 Å². The second kappa shape index (κ2) is 5.42. The molecule has 2 N–H and O–H groups in total. The summed E-state index contributed by atoms with van der Waals surface area (Å²) in [7, 11) is 1.52. The predicted molar refractivity (Wildman–Crippen MR) is 58.0 cm³/mol. The van der Waals surface area contributed by atoms with Crippen molar-refractivity contribution in [2.24, 2.45) is 0 Å². The molecule has 0 bridgehead atoms. The summed E-state index contributed by atoms with van der Waals surface area (Å²) in [5.41, 5.74) is 0. The topological polar surface area (TPSA) is 68.2 Å². The summed E-state index contributed by atoms with van der Waals surface area (Å²) in [5.74, 6) is -0.748. The second-order valence-electron chi connectivity index (χ2n) is 4.50. The van der Waals surface area contributed by atoms with Crippen molar-refractivity contribution >= 4 is 0 Å². The summed E-state index contributed by atoms with van der Waals surface area (Å²) >= 11 is 0. The van der Waals surface area contributed by atoms with E-state index in [1.165, 1.54) is 7.11 Å². The molecule has 0 aromatic carbocycles. The van der Waals surface area contributed by atoms with Gasteiger partial charge < -0.3 is 24.4 Å². The zero-order valence-electron chi connectivity index (χ0n) is 10.3. The van der Waals surface area contributed by atoms with Crippen LogP contribution in [0.5, 0.6) is 0 Å². The maximum Gasteiger partial charge on any atom is 0.164 e. The molecule has 1 fully saturated rings. The van der Waals surface area contributed by atoms with Crippen LogP contribution in [-0.2, 0) is 14.2 Å². The molecule has 0 amide bonds. The number of hydrogen-bond donors (Lipinski definition) is 2. The largest absolute Gasteiger partial charge is 0.394 e. The number of aliphatic hydroxyl groups is 2. The Morgan fingerprint density at radius 1 is 1.38 bits per heavy atom. The molecule has 0 spiro atoms. The molecule has 1 aliphatic heterocycles. The van der Waals surface area contributed by atoms with Crippen molar-refractivity contribution in [2.75, 3.05) is 13.7 Å². The van der Waals surface area contributed by atoms with E-state index >= 15 is 0 Å². The number of rotatable bonds is 5. The van der Waals surface area contributed by atoms with Crippen LogP contribution < -0.4 is 0 Å². The summed E-state index contributed by atoms with van der Waals surface area (Å²) in [5, 5.41) is 19.0. The standard InChI is InChI=1S/C11H22O5/c1-5-7(13)9(14-4)10-8(6-12)15-11(2,3)16-10/h7-10,12-13H,5-6H2,1-4H3. The van der Waals surface area contributed by atoms with E-state index in [-0.39, 0.29) is 6.61 Å². The van der Waals surface area contributed by atoms with Crippen molar-refractivity contribution in [3.63, 3.8) is 0 Å². The van der Waals surface area contributed by atoms with Gasteiger partial charge in [0.1, 0.15) is 18.3 Å². The van der Waals surface area contributed by atoms with Gasteiger partial charge in [-0.05, 0) is 20.3 Å². The highest BCUT2D eigenvalue weighted by Gasteiger charge is 2.46. The fourth-order valence-electron chi connectivity index (χ4n) is 2.03. The number of hydrogen-bond acceptors (Lipinski definition) is 5. The minimum atomic E-state index is -0.748. The molecule has 0 radical (unpaired) electrons. The van der Waals surface area contributed by atoms with Gasteiger partial charge in [0.25, 0.3) is 0 Å². The minimum Gasteiger partial charge on any atom is -0.394 e. The van der Waals surface area contributed by atoms with Gasteiger partial charge >= 0.3 is 0 Å². The Labute approximate surface area is 96.3 Å².